The standard InChI is InChI=1S/C12H15NO2/c1-9(11(8-13)12(14)15)7-10-5-3-2-4-6-10/h2-7,11H,8,13H2,1H3,(H,14,15)/b9-7+. The van der Waals surface area contributed by atoms with Crippen molar-refractivity contribution in [3.63, 3.8) is 0 Å². The third-order valence-electron chi connectivity index (χ3n) is 2.28. The minimum atomic E-state index is -0.873. The number of hydrogen-bond donors (Lipinski definition) is 2. The van der Waals surface area contributed by atoms with E-state index in [4.69, 9.17) is 10.8 Å². The van der Waals surface area contributed by atoms with Crippen molar-refractivity contribution >= 4 is 12.0 Å². The van der Waals surface area contributed by atoms with Crippen LogP contribution in [0.4, 0.5) is 0 Å². The van der Waals surface area contributed by atoms with E-state index in [-0.39, 0.29) is 6.54 Å². The van der Waals surface area contributed by atoms with Gasteiger partial charge in [0.25, 0.3) is 0 Å². The number of carboxylic acids is 1. The van der Waals surface area contributed by atoms with Gasteiger partial charge in [0.05, 0.1) is 5.92 Å². The highest BCUT2D eigenvalue weighted by Gasteiger charge is 2.16. The maximum absolute atomic E-state index is 10.8. The van der Waals surface area contributed by atoms with E-state index in [9.17, 15) is 4.79 Å². The molecule has 0 aliphatic heterocycles. The van der Waals surface area contributed by atoms with Crippen LogP contribution in [0, 0.1) is 5.92 Å². The molecule has 1 atom stereocenters. The fourth-order valence-electron chi connectivity index (χ4n) is 1.39. The fraction of sp³-hybridized carbons (Fsp3) is 0.250. The summed E-state index contributed by atoms with van der Waals surface area (Å²) in [6.45, 7) is 1.92. The largest absolute Gasteiger partial charge is 0.481 e. The highest BCUT2D eigenvalue weighted by atomic mass is 16.4. The van der Waals surface area contributed by atoms with Crippen LogP contribution < -0.4 is 5.73 Å². The van der Waals surface area contributed by atoms with Crippen molar-refractivity contribution in [2.45, 2.75) is 6.92 Å². The third-order valence-corrected chi connectivity index (χ3v) is 2.28. The molecule has 15 heavy (non-hydrogen) atoms. The van der Waals surface area contributed by atoms with Gasteiger partial charge in [-0.05, 0) is 12.5 Å². The minimum absolute atomic E-state index is 0.129. The molecule has 3 N–H and O–H groups in total. The summed E-state index contributed by atoms with van der Waals surface area (Å²) in [6.07, 6.45) is 1.85. The van der Waals surface area contributed by atoms with Crippen LogP contribution in [0.5, 0.6) is 0 Å². The Balaban J connectivity index is 2.88. The molecule has 0 spiro atoms. The molecule has 1 aromatic carbocycles. The lowest BCUT2D eigenvalue weighted by Gasteiger charge is -2.09. The van der Waals surface area contributed by atoms with E-state index < -0.39 is 11.9 Å². The minimum Gasteiger partial charge on any atom is -0.481 e. The maximum Gasteiger partial charge on any atom is 0.311 e. The molecule has 1 aromatic rings. The van der Waals surface area contributed by atoms with Gasteiger partial charge < -0.3 is 10.8 Å². The topological polar surface area (TPSA) is 63.3 Å². The lowest BCUT2D eigenvalue weighted by Crippen LogP contribution is -2.24. The van der Waals surface area contributed by atoms with Crippen molar-refractivity contribution in [3.8, 4) is 0 Å². The Bertz CT molecular complexity index is 357. The van der Waals surface area contributed by atoms with Gasteiger partial charge in [0, 0.05) is 6.54 Å². The summed E-state index contributed by atoms with van der Waals surface area (Å²) in [5, 5.41) is 8.90. The molecule has 0 aliphatic carbocycles. The Hall–Kier alpha value is -1.61. The van der Waals surface area contributed by atoms with Gasteiger partial charge in [0.15, 0.2) is 0 Å². The molecule has 3 nitrogen and oxygen atoms in total. The van der Waals surface area contributed by atoms with Gasteiger partial charge in [0.2, 0.25) is 0 Å². The molecule has 1 unspecified atom stereocenters. The fourth-order valence-corrected chi connectivity index (χ4v) is 1.39. The second-order valence-corrected chi connectivity index (χ2v) is 3.43. The van der Waals surface area contributed by atoms with Crippen LogP contribution in [-0.4, -0.2) is 17.6 Å². The average molecular weight is 205 g/mol. The summed E-state index contributed by atoms with van der Waals surface area (Å²) in [6, 6.07) is 9.61. The first kappa shape index (κ1) is 11.5. The zero-order valence-electron chi connectivity index (χ0n) is 8.68. The Morgan fingerprint density at radius 3 is 2.53 bits per heavy atom. The molecule has 0 saturated carbocycles. The van der Waals surface area contributed by atoms with Crippen LogP contribution in [0.15, 0.2) is 35.9 Å². The summed E-state index contributed by atoms with van der Waals surface area (Å²) < 4.78 is 0. The third kappa shape index (κ3) is 3.22. The van der Waals surface area contributed by atoms with Crippen molar-refractivity contribution < 1.29 is 9.90 Å². The number of hydrogen-bond acceptors (Lipinski definition) is 2. The van der Waals surface area contributed by atoms with Crippen LogP contribution in [0.25, 0.3) is 6.08 Å². The molecule has 1 rings (SSSR count). The summed E-state index contributed by atoms with van der Waals surface area (Å²) in [4.78, 5) is 10.8. The summed E-state index contributed by atoms with van der Waals surface area (Å²) in [7, 11) is 0. The molecule has 0 radical (unpaired) electrons. The van der Waals surface area contributed by atoms with Gasteiger partial charge in [-0.3, -0.25) is 4.79 Å². The number of nitrogens with two attached hydrogens (primary N) is 1. The lowest BCUT2D eigenvalue weighted by molar-refractivity contribution is -0.140. The number of carboxylic acid groups (broad SMARTS) is 1. The predicted molar refractivity (Wildman–Crippen MR) is 60.3 cm³/mol. The quantitative estimate of drug-likeness (QED) is 0.787. The number of rotatable bonds is 4. The monoisotopic (exact) mass is 205 g/mol. The predicted octanol–water partition coefficient (Wildman–Crippen LogP) is 1.75. The van der Waals surface area contributed by atoms with Crippen LogP contribution in [-0.2, 0) is 4.79 Å². The molecule has 3 heteroatoms. The average Bonchev–Trinajstić information content (AvgIpc) is 2.19. The maximum atomic E-state index is 10.8. The zero-order valence-corrected chi connectivity index (χ0v) is 8.68. The highest BCUT2D eigenvalue weighted by Crippen LogP contribution is 2.14. The summed E-state index contributed by atoms with van der Waals surface area (Å²) in [5.74, 6) is -1.47. The van der Waals surface area contributed by atoms with E-state index >= 15 is 0 Å². The lowest BCUT2D eigenvalue weighted by atomic mass is 9.98. The second-order valence-electron chi connectivity index (χ2n) is 3.43. The Morgan fingerprint density at radius 1 is 1.47 bits per heavy atom. The smallest absolute Gasteiger partial charge is 0.311 e. The van der Waals surface area contributed by atoms with E-state index in [1.165, 1.54) is 0 Å². The Morgan fingerprint density at radius 2 is 2.07 bits per heavy atom. The van der Waals surface area contributed by atoms with Crippen molar-refractivity contribution in [1.82, 2.24) is 0 Å². The van der Waals surface area contributed by atoms with Crippen LogP contribution in [0.1, 0.15) is 12.5 Å². The van der Waals surface area contributed by atoms with Gasteiger partial charge in [-0.1, -0.05) is 42.0 Å². The normalized spacial score (nSPS) is 13.6. The Kier molecular flexibility index (Phi) is 4.06. The molecule has 80 valence electrons. The molecule has 0 saturated heterocycles. The first-order valence-electron chi connectivity index (χ1n) is 4.81. The Labute approximate surface area is 89.2 Å². The summed E-state index contributed by atoms with van der Waals surface area (Å²) in [5.41, 5.74) is 7.18. The molecule has 0 amide bonds. The number of benzene rings is 1. The van der Waals surface area contributed by atoms with E-state index in [2.05, 4.69) is 0 Å². The van der Waals surface area contributed by atoms with Crippen molar-refractivity contribution in [3.05, 3.63) is 41.5 Å². The van der Waals surface area contributed by atoms with Gasteiger partial charge in [-0.25, -0.2) is 0 Å². The second kappa shape index (κ2) is 5.32. The first-order chi connectivity index (χ1) is 7.15. The van der Waals surface area contributed by atoms with E-state index in [1.807, 2.05) is 36.4 Å². The molecule has 0 fully saturated rings. The van der Waals surface area contributed by atoms with E-state index in [0.29, 0.717) is 0 Å². The SMILES string of the molecule is C/C(=C\c1ccccc1)C(CN)C(=O)O. The molecule has 0 heterocycles. The van der Waals surface area contributed by atoms with Gasteiger partial charge >= 0.3 is 5.97 Å². The first-order valence-corrected chi connectivity index (χ1v) is 4.81. The molecular weight excluding hydrogens is 190 g/mol. The highest BCUT2D eigenvalue weighted by molar-refractivity contribution is 5.76. The molecular formula is C12H15NO2. The molecule has 0 aliphatic rings. The van der Waals surface area contributed by atoms with Crippen LogP contribution in [0.2, 0.25) is 0 Å². The van der Waals surface area contributed by atoms with Crippen molar-refractivity contribution in [1.29, 1.82) is 0 Å². The van der Waals surface area contributed by atoms with E-state index in [1.54, 1.807) is 6.92 Å². The van der Waals surface area contributed by atoms with Gasteiger partial charge in [-0.15, -0.1) is 0 Å². The number of aliphatic carboxylic acids is 1. The van der Waals surface area contributed by atoms with Gasteiger partial charge in [0.1, 0.15) is 0 Å². The van der Waals surface area contributed by atoms with Crippen molar-refractivity contribution in [2.24, 2.45) is 11.7 Å². The van der Waals surface area contributed by atoms with Gasteiger partial charge in [-0.2, -0.15) is 0 Å². The van der Waals surface area contributed by atoms with Crippen LogP contribution in [0.3, 0.4) is 0 Å². The zero-order chi connectivity index (χ0) is 11.3. The van der Waals surface area contributed by atoms with Crippen molar-refractivity contribution in [2.75, 3.05) is 6.54 Å². The molecule has 0 aromatic heterocycles. The number of carbonyl (C=O) groups is 1. The van der Waals surface area contributed by atoms with E-state index in [0.717, 1.165) is 11.1 Å². The van der Waals surface area contributed by atoms with Crippen LogP contribution >= 0.6 is 0 Å². The molecule has 0 bridgehead atoms. The summed E-state index contributed by atoms with van der Waals surface area (Å²) >= 11 is 0.